The van der Waals surface area contributed by atoms with E-state index in [1.54, 1.807) is 0 Å². The smallest absolute Gasteiger partial charge is 0.0689 e. The van der Waals surface area contributed by atoms with E-state index in [9.17, 15) is 5.26 Å². The molecule has 0 unspecified atom stereocenters. The first kappa shape index (κ1) is 13.9. The molecule has 0 N–H and O–H groups in total. The minimum Gasteiger partial charge on any atom is -0.198 e. The minimum atomic E-state index is 0.0534. The fourth-order valence-electron chi connectivity index (χ4n) is 3.96. The van der Waals surface area contributed by atoms with E-state index >= 15 is 0 Å². The van der Waals surface area contributed by atoms with Gasteiger partial charge in [-0.05, 0) is 31.6 Å². The van der Waals surface area contributed by atoms with Gasteiger partial charge in [0.15, 0.2) is 0 Å². The molecule has 0 aromatic rings. The number of hydrogen-bond acceptors (Lipinski definition) is 1. The molecule has 2 aliphatic rings. The Bertz CT molecular complexity index is 262. The lowest BCUT2D eigenvalue weighted by Crippen LogP contribution is -2.22. The average molecular weight is 247 g/mol. The monoisotopic (exact) mass is 247 g/mol. The van der Waals surface area contributed by atoms with Crippen LogP contribution in [0.3, 0.4) is 0 Å². The first-order valence-electron chi connectivity index (χ1n) is 8.26. The maximum atomic E-state index is 9.64. The summed E-state index contributed by atoms with van der Waals surface area (Å²) in [6, 6.07) is 2.72. The van der Waals surface area contributed by atoms with Crippen LogP contribution in [0.5, 0.6) is 0 Å². The number of nitrogens with zero attached hydrogens (tertiary/aromatic N) is 1. The molecule has 0 radical (unpaired) electrons. The highest BCUT2D eigenvalue weighted by Gasteiger charge is 2.30. The second-order valence-electron chi connectivity index (χ2n) is 6.70. The molecule has 18 heavy (non-hydrogen) atoms. The predicted molar refractivity (Wildman–Crippen MR) is 76.2 cm³/mol. The third-order valence-electron chi connectivity index (χ3n) is 5.30. The molecule has 0 saturated heterocycles. The molecule has 0 aliphatic heterocycles. The lowest BCUT2D eigenvalue weighted by atomic mass is 9.72. The van der Waals surface area contributed by atoms with E-state index in [2.05, 4.69) is 6.07 Å². The van der Waals surface area contributed by atoms with Crippen LogP contribution in [0.4, 0.5) is 0 Å². The lowest BCUT2D eigenvalue weighted by Gasteiger charge is -2.31. The van der Waals surface area contributed by atoms with E-state index in [1.165, 1.54) is 89.9 Å². The van der Waals surface area contributed by atoms with Crippen LogP contribution in [0.1, 0.15) is 89.9 Å². The topological polar surface area (TPSA) is 23.8 Å². The molecular weight excluding hydrogens is 218 g/mol. The molecule has 0 spiro atoms. The Morgan fingerprint density at radius 3 is 2.00 bits per heavy atom. The van der Waals surface area contributed by atoms with Crippen LogP contribution in [0.15, 0.2) is 0 Å². The van der Waals surface area contributed by atoms with E-state index < -0.39 is 0 Å². The molecule has 102 valence electrons. The molecule has 2 saturated carbocycles. The zero-order valence-corrected chi connectivity index (χ0v) is 11.9. The summed E-state index contributed by atoms with van der Waals surface area (Å²) in [6.07, 6.45) is 18.7. The molecule has 1 heteroatoms. The molecule has 0 aromatic carbocycles. The van der Waals surface area contributed by atoms with Gasteiger partial charge in [-0.1, -0.05) is 64.2 Å². The third kappa shape index (κ3) is 4.01. The standard InChI is InChI=1S/C17H29N/c18-15-17(12-7-2-1-3-8-13-17)14-11-16-9-5-4-6-10-16/h16H,1-14H2. The van der Waals surface area contributed by atoms with Crippen LogP contribution in [-0.4, -0.2) is 0 Å². The van der Waals surface area contributed by atoms with Gasteiger partial charge in [0.05, 0.1) is 11.5 Å². The zero-order chi connectivity index (χ0) is 12.7. The highest BCUT2D eigenvalue weighted by Crippen LogP contribution is 2.40. The van der Waals surface area contributed by atoms with Crippen molar-refractivity contribution in [2.45, 2.75) is 89.9 Å². The summed E-state index contributed by atoms with van der Waals surface area (Å²) in [5.41, 5.74) is 0.0534. The molecule has 2 fully saturated rings. The first-order chi connectivity index (χ1) is 8.85. The maximum Gasteiger partial charge on any atom is 0.0689 e. The van der Waals surface area contributed by atoms with Crippen LogP contribution in [0, 0.1) is 22.7 Å². The SMILES string of the molecule is N#CC1(CCC2CCCCC2)CCCCCCC1. The highest BCUT2D eigenvalue weighted by molar-refractivity contribution is 4.99. The molecule has 2 rings (SSSR count). The van der Waals surface area contributed by atoms with Crippen LogP contribution >= 0.6 is 0 Å². The summed E-state index contributed by atoms with van der Waals surface area (Å²) >= 11 is 0. The number of rotatable bonds is 3. The third-order valence-corrected chi connectivity index (χ3v) is 5.30. The van der Waals surface area contributed by atoms with Gasteiger partial charge in [-0.15, -0.1) is 0 Å². The molecule has 0 bridgehead atoms. The Labute approximate surface area is 113 Å². The second-order valence-corrected chi connectivity index (χ2v) is 6.70. The van der Waals surface area contributed by atoms with E-state index in [0.717, 1.165) is 5.92 Å². The van der Waals surface area contributed by atoms with Gasteiger partial charge in [-0.2, -0.15) is 5.26 Å². The average Bonchev–Trinajstić information content (AvgIpc) is 2.40. The van der Waals surface area contributed by atoms with Gasteiger partial charge in [0, 0.05) is 0 Å². The fourth-order valence-corrected chi connectivity index (χ4v) is 3.96. The summed E-state index contributed by atoms with van der Waals surface area (Å²) in [7, 11) is 0. The maximum absolute atomic E-state index is 9.64. The van der Waals surface area contributed by atoms with Crippen molar-refractivity contribution >= 4 is 0 Å². The largest absolute Gasteiger partial charge is 0.198 e. The van der Waals surface area contributed by atoms with E-state index in [-0.39, 0.29) is 5.41 Å². The van der Waals surface area contributed by atoms with Crippen molar-refractivity contribution in [3.8, 4) is 6.07 Å². The quantitative estimate of drug-likeness (QED) is 0.636. The molecule has 0 amide bonds. The summed E-state index contributed by atoms with van der Waals surface area (Å²) in [5.74, 6) is 0.939. The van der Waals surface area contributed by atoms with Crippen LogP contribution in [-0.2, 0) is 0 Å². The molecule has 0 atom stereocenters. The van der Waals surface area contributed by atoms with Gasteiger partial charge in [-0.25, -0.2) is 0 Å². The summed E-state index contributed by atoms with van der Waals surface area (Å²) < 4.78 is 0. The van der Waals surface area contributed by atoms with Crippen LogP contribution in [0.25, 0.3) is 0 Å². The Balaban J connectivity index is 1.83. The zero-order valence-electron chi connectivity index (χ0n) is 11.9. The van der Waals surface area contributed by atoms with Crippen LogP contribution < -0.4 is 0 Å². The van der Waals surface area contributed by atoms with Crippen molar-refractivity contribution in [1.82, 2.24) is 0 Å². The minimum absolute atomic E-state index is 0.0534. The molecule has 2 aliphatic carbocycles. The molecule has 1 nitrogen and oxygen atoms in total. The number of hydrogen-bond donors (Lipinski definition) is 0. The van der Waals surface area contributed by atoms with Crippen molar-refractivity contribution in [2.24, 2.45) is 11.3 Å². The van der Waals surface area contributed by atoms with Gasteiger partial charge in [0.25, 0.3) is 0 Å². The van der Waals surface area contributed by atoms with E-state index in [1.807, 2.05) is 0 Å². The highest BCUT2D eigenvalue weighted by atomic mass is 14.4. The molecule has 0 heterocycles. The molecular formula is C17H29N. The van der Waals surface area contributed by atoms with Gasteiger partial charge in [0.1, 0.15) is 0 Å². The Morgan fingerprint density at radius 2 is 1.39 bits per heavy atom. The van der Waals surface area contributed by atoms with Crippen molar-refractivity contribution in [2.75, 3.05) is 0 Å². The predicted octanol–water partition coefficient (Wildman–Crippen LogP) is 5.60. The first-order valence-corrected chi connectivity index (χ1v) is 8.26. The second kappa shape index (κ2) is 7.17. The molecule has 0 aromatic heterocycles. The summed E-state index contributed by atoms with van der Waals surface area (Å²) in [4.78, 5) is 0. The summed E-state index contributed by atoms with van der Waals surface area (Å²) in [5, 5.41) is 9.64. The Kier molecular flexibility index (Phi) is 5.54. The van der Waals surface area contributed by atoms with Crippen molar-refractivity contribution in [3.05, 3.63) is 0 Å². The van der Waals surface area contributed by atoms with Crippen LogP contribution in [0.2, 0.25) is 0 Å². The van der Waals surface area contributed by atoms with Gasteiger partial charge in [0.2, 0.25) is 0 Å². The van der Waals surface area contributed by atoms with Gasteiger partial charge in [-0.3, -0.25) is 0 Å². The van der Waals surface area contributed by atoms with Crippen molar-refractivity contribution in [1.29, 1.82) is 5.26 Å². The van der Waals surface area contributed by atoms with Crippen molar-refractivity contribution < 1.29 is 0 Å². The summed E-state index contributed by atoms with van der Waals surface area (Å²) in [6.45, 7) is 0. The van der Waals surface area contributed by atoms with E-state index in [0.29, 0.717) is 0 Å². The Morgan fingerprint density at radius 1 is 0.833 bits per heavy atom. The van der Waals surface area contributed by atoms with Crippen molar-refractivity contribution in [3.63, 3.8) is 0 Å². The van der Waals surface area contributed by atoms with E-state index in [4.69, 9.17) is 0 Å². The Hall–Kier alpha value is -0.510. The number of nitriles is 1. The van der Waals surface area contributed by atoms with Gasteiger partial charge < -0.3 is 0 Å². The normalized spacial score (nSPS) is 25.9. The van der Waals surface area contributed by atoms with Gasteiger partial charge >= 0.3 is 0 Å². The fraction of sp³-hybridized carbons (Fsp3) is 0.941. The lowest BCUT2D eigenvalue weighted by molar-refractivity contribution is 0.228.